The van der Waals surface area contributed by atoms with E-state index in [1.165, 1.54) is 0 Å². The van der Waals surface area contributed by atoms with Crippen LogP contribution in [0.5, 0.6) is 0 Å². The summed E-state index contributed by atoms with van der Waals surface area (Å²) in [5, 5.41) is 5.47. The van der Waals surface area contributed by atoms with E-state index in [1.54, 1.807) is 6.92 Å². The Morgan fingerprint density at radius 2 is 1.85 bits per heavy atom. The predicted molar refractivity (Wildman–Crippen MR) is 43.8 cm³/mol. The Morgan fingerprint density at radius 3 is 2.15 bits per heavy atom. The van der Waals surface area contributed by atoms with Gasteiger partial charge < -0.3 is 5.73 Å². The smallest absolute Gasteiger partial charge is 0.186 e. The zero-order chi connectivity index (χ0) is 8.85. The second kappa shape index (κ2) is 11.6. The van der Waals surface area contributed by atoms with Crippen molar-refractivity contribution < 1.29 is 81.4 Å². The van der Waals surface area contributed by atoms with Crippen LogP contribution in [0.15, 0.2) is 0 Å². The van der Waals surface area contributed by atoms with E-state index >= 15 is 0 Å². The molecule has 5 N–H and O–H groups in total. The van der Waals surface area contributed by atoms with E-state index in [0.717, 1.165) is 25.0 Å². The van der Waals surface area contributed by atoms with Gasteiger partial charge in [0.1, 0.15) is 11.8 Å². The molecule has 0 rings (SSSR count). The number of ketones is 1. The molecule has 3 nitrogen and oxygen atoms in total. The normalized spacial score (nSPS) is 10.7. The summed E-state index contributed by atoms with van der Waals surface area (Å²) in [5.74, 6) is 0.166. The number of nitrogens with two attached hydrogens (primary N) is 1. The SMILES string of the molecule is CC(=[NH2+])CCCC([NH3+])C(C)=O.[Y].[Y]. The predicted octanol–water partition coefficient (Wildman–Crippen LogP) is -1.43. The van der Waals surface area contributed by atoms with E-state index in [4.69, 9.17) is 5.41 Å². The zero-order valence-electron chi connectivity index (χ0n) is 8.55. The minimum Gasteiger partial charge on any atom is -0.349 e. The summed E-state index contributed by atoms with van der Waals surface area (Å²) >= 11 is 0. The first-order valence-corrected chi connectivity index (χ1v) is 3.95. The third-order valence-corrected chi connectivity index (χ3v) is 1.70. The maximum atomic E-state index is 10.7. The topological polar surface area (TPSA) is 70.3 Å². The molecular formula is C8H18N2OY2+2. The molecule has 1 unspecified atom stereocenters. The Bertz CT molecular complexity index is 162. The molecule has 0 aromatic carbocycles. The molecule has 1 atom stereocenters. The van der Waals surface area contributed by atoms with Crippen LogP contribution in [-0.2, 0) is 70.2 Å². The number of rotatable bonds is 5. The van der Waals surface area contributed by atoms with Crippen LogP contribution in [0, 0.1) is 0 Å². The van der Waals surface area contributed by atoms with Crippen molar-refractivity contribution in [3.8, 4) is 0 Å². The fourth-order valence-corrected chi connectivity index (χ4v) is 0.831. The van der Waals surface area contributed by atoms with Gasteiger partial charge in [0.15, 0.2) is 5.78 Å². The standard InChI is InChI=1S/C8H16N2O.2Y/c1-6(9)4-3-5-8(10)7(2)11;;/h8-9H,3-5,10H2,1-2H3;;/p+2. The van der Waals surface area contributed by atoms with E-state index in [-0.39, 0.29) is 77.2 Å². The summed E-state index contributed by atoms with van der Waals surface area (Å²) in [4.78, 5) is 10.7. The quantitative estimate of drug-likeness (QED) is 0.594. The van der Waals surface area contributed by atoms with Gasteiger partial charge in [-0.3, -0.25) is 10.2 Å². The molecule has 70 valence electrons. The van der Waals surface area contributed by atoms with Crippen LogP contribution in [0.4, 0.5) is 0 Å². The molecule has 5 heteroatoms. The molecular weight excluding hydrogens is 318 g/mol. The van der Waals surface area contributed by atoms with E-state index in [0.29, 0.717) is 0 Å². The number of Topliss-reactive ketones (excluding diaryl/α,β-unsaturated/α-hetero) is 1. The summed E-state index contributed by atoms with van der Waals surface area (Å²) in [6.45, 7) is 3.47. The second-order valence-corrected chi connectivity index (χ2v) is 3.05. The Hall–Kier alpha value is 1.51. The van der Waals surface area contributed by atoms with Crippen molar-refractivity contribution >= 4 is 11.5 Å². The van der Waals surface area contributed by atoms with Crippen molar-refractivity contribution in [1.82, 2.24) is 0 Å². The summed E-state index contributed by atoms with van der Waals surface area (Å²) in [6.07, 6.45) is 2.72. The Morgan fingerprint density at radius 1 is 1.38 bits per heavy atom. The largest absolute Gasteiger partial charge is 0.349 e. The van der Waals surface area contributed by atoms with E-state index in [9.17, 15) is 4.79 Å². The summed E-state index contributed by atoms with van der Waals surface area (Å²) in [6, 6.07) is -0.0469. The second-order valence-electron chi connectivity index (χ2n) is 3.05. The molecule has 0 aliphatic carbocycles. The average Bonchev–Trinajstić information content (AvgIpc) is 1.86. The monoisotopic (exact) mass is 336 g/mol. The van der Waals surface area contributed by atoms with Crippen molar-refractivity contribution in [2.45, 2.75) is 39.2 Å². The summed E-state index contributed by atoms with van der Waals surface area (Å²) < 4.78 is 0. The number of carbonyl (C=O) groups excluding carboxylic acids is 1. The molecule has 0 aliphatic heterocycles. The Balaban J connectivity index is -0.000000500. The van der Waals surface area contributed by atoms with Gasteiger partial charge in [-0.2, -0.15) is 0 Å². The van der Waals surface area contributed by atoms with Crippen LogP contribution in [0.1, 0.15) is 33.1 Å². The van der Waals surface area contributed by atoms with Crippen LogP contribution in [0.3, 0.4) is 0 Å². The van der Waals surface area contributed by atoms with Crippen LogP contribution in [-0.4, -0.2) is 17.5 Å². The van der Waals surface area contributed by atoms with Crippen LogP contribution >= 0.6 is 0 Å². The maximum Gasteiger partial charge on any atom is 0.186 e. The molecule has 13 heavy (non-hydrogen) atoms. The van der Waals surface area contributed by atoms with Crippen LogP contribution in [0.25, 0.3) is 0 Å². The van der Waals surface area contributed by atoms with Gasteiger partial charge in [0.05, 0.1) is 0 Å². The minimum absolute atomic E-state index is 0. The molecule has 0 aliphatic rings. The third-order valence-electron chi connectivity index (χ3n) is 1.70. The van der Waals surface area contributed by atoms with Crippen molar-refractivity contribution in [1.29, 1.82) is 0 Å². The molecule has 0 aromatic heterocycles. The Kier molecular flexibility index (Phi) is 17.8. The van der Waals surface area contributed by atoms with E-state index in [2.05, 4.69) is 5.73 Å². The first-order chi connectivity index (χ1) is 5.04. The van der Waals surface area contributed by atoms with Gasteiger partial charge in [-0.25, -0.2) is 0 Å². The van der Waals surface area contributed by atoms with E-state index < -0.39 is 0 Å². The number of quaternary nitrogens is 1. The van der Waals surface area contributed by atoms with Crippen molar-refractivity contribution in [3.63, 3.8) is 0 Å². The number of hydrogen-bond acceptors (Lipinski definition) is 1. The van der Waals surface area contributed by atoms with Crippen LogP contribution < -0.4 is 11.1 Å². The average molecular weight is 336 g/mol. The molecule has 0 fully saturated rings. The van der Waals surface area contributed by atoms with Gasteiger partial charge in [-0.15, -0.1) is 0 Å². The fourth-order valence-electron chi connectivity index (χ4n) is 0.831. The first kappa shape index (κ1) is 20.0. The molecule has 0 bridgehead atoms. The van der Waals surface area contributed by atoms with Gasteiger partial charge in [0, 0.05) is 92.1 Å². The molecule has 0 aromatic rings. The molecule has 0 amide bonds. The van der Waals surface area contributed by atoms with Crippen LogP contribution in [0.2, 0.25) is 0 Å². The van der Waals surface area contributed by atoms with Gasteiger partial charge in [-0.05, 0) is 6.42 Å². The minimum atomic E-state index is -0.0469. The third kappa shape index (κ3) is 13.5. The molecule has 0 saturated carbocycles. The van der Waals surface area contributed by atoms with Gasteiger partial charge in [-0.1, -0.05) is 0 Å². The summed E-state index contributed by atoms with van der Waals surface area (Å²) in [7, 11) is 0. The Labute approximate surface area is 130 Å². The van der Waals surface area contributed by atoms with Gasteiger partial charge >= 0.3 is 0 Å². The zero-order valence-corrected chi connectivity index (χ0v) is 14.2. The number of carbonyl (C=O) groups is 1. The first-order valence-electron chi connectivity index (χ1n) is 3.95. The summed E-state index contributed by atoms with van der Waals surface area (Å²) in [5.41, 5.74) is 4.67. The molecule has 2 radical (unpaired) electrons. The van der Waals surface area contributed by atoms with E-state index in [1.807, 2.05) is 6.92 Å². The van der Waals surface area contributed by atoms with Gasteiger partial charge in [0.25, 0.3) is 0 Å². The maximum absolute atomic E-state index is 10.7. The molecule has 0 heterocycles. The van der Waals surface area contributed by atoms with Crippen molar-refractivity contribution in [2.24, 2.45) is 0 Å². The van der Waals surface area contributed by atoms with Crippen molar-refractivity contribution in [2.75, 3.05) is 0 Å². The molecule has 0 saturated heterocycles. The molecule has 0 spiro atoms. The van der Waals surface area contributed by atoms with Crippen molar-refractivity contribution in [3.05, 3.63) is 0 Å². The number of hydrogen-bond donors (Lipinski definition) is 2. The van der Waals surface area contributed by atoms with Gasteiger partial charge in [0.2, 0.25) is 0 Å². The fraction of sp³-hybridized carbons (Fsp3) is 0.750.